The lowest BCUT2D eigenvalue weighted by molar-refractivity contribution is -0.144. The highest BCUT2D eigenvalue weighted by molar-refractivity contribution is 5.83. The second kappa shape index (κ2) is 5.70. The summed E-state index contributed by atoms with van der Waals surface area (Å²) in [5.41, 5.74) is 0. The van der Waals surface area contributed by atoms with Gasteiger partial charge in [-0.1, -0.05) is 0 Å². The minimum Gasteiger partial charge on any atom is -0.467 e. The predicted octanol–water partition coefficient (Wildman–Crippen LogP) is -0.336. The molecule has 0 bridgehead atoms. The van der Waals surface area contributed by atoms with Gasteiger partial charge in [0.15, 0.2) is 0 Å². The first-order chi connectivity index (χ1) is 7.13. The molecule has 0 spiro atoms. The molecule has 0 saturated heterocycles. The number of hydrogen-bond acceptors (Lipinski definition) is 4. The molecule has 0 aromatic heterocycles. The minimum absolute atomic E-state index is 0.223. The summed E-state index contributed by atoms with van der Waals surface area (Å²) in [6, 6.07) is -0.578. The number of carbonyl (C=O) groups excluding carboxylic acids is 2. The maximum atomic E-state index is 11.3. The normalized spacial score (nSPS) is 16.9. The van der Waals surface area contributed by atoms with E-state index in [2.05, 4.69) is 15.4 Å². The van der Waals surface area contributed by atoms with Gasteiger partial charge >= 0.3 is 5.97 Å². The summed E-state index contributed by atoms with van der Waals surface area (Å²) in [4.78, 5) is 22.1. The van der Waals surface area contributed by atoms with Crippen LogP contribution in [-0.4, -0.2) is 38.1 Å². The van der Waals surface area contributed by atoms with E-state index in [9.17, 15) is 9.59 Å². The largest absolute Gasteiger partial charge is 0.467 e. The third-order valence-electron chi connectivity index (χ3n) is 2.34. The van der Waals surface area contributed by atoms with Crippen LogP contribution in [0, 0.1) is 5.92 Å². The Bertz CT molecular complexity index is 239. The Hall–Kier alpha value is -1.10. The third-order valence-corrected chi connectivity index (χ3v) is 2.34. The zero-order valence-corrected chi connectivity index (χ0v) is 9.21. The fraction of sp³-hybridized carbons (Fsp3) is 0.800. The van der Waals surface area contributed by atoms with Gasteiger partial charge in [0.05, 0.1) is 7.11 Å². The van der Waals surface area contributed by atoms with Gasteiger partial charge in [-0.15, -0.1) is 0 Å². The van der Waals surface area contributed by atoms with Crippen LogP contribution in [0.15, 0.2) is 0 Å². The van der Waals surface area contributed by atoms with E-state index in [1.807, 2.05) is 0 Å². The summed E-state index contributed by atoms with van der Waals surface area (Å²) in [5.74, 6) is 0.118. The van der Waals surface area contributed by atoms with Crippen LogP contribution in [0.4, 0.5) is 0 Å². The van der Waals surface area contributed by atoms with Crippen LogP contribution >= 0.6 is 0 Å². The molecule has 1 aliphatic carbocycles. The van der Waals surface area contributed by atoms with E-state index in [0.717, 1.165) is 12.5 Å². The Morgan fingerprint density at radius 1 is 1.47 bits per heavy atom. The number of esters is 1. The lowest BCUT2D eigenvalue weighted by Crippen LogP contribution is -2.47. The topological polar surface area (TPSA) is 67.4 Å². The summed E-state index contributed by atoms with van der Waals surface area (Å²) in [5, 5.41) is 5.70. The van der Waals surface area contributed by atoms with Gasteiger partial charge in [-0.2, -0.15) is 0 Å². The maximum Gasteiger partial charge on any atom is 0.329 e. The van der Waals surface area contributed by atoms with Crippen molar-refractivity contribution in [3.05, 3.63) is 0 Å². The number of ether oxygens (including phenoxy) is 1. The number of hydrogen-bond donors (Lipinski definition) is 2. The molecule has 1 aliphatic rings. The van der Waals surface area contributed by atoms with Crippen molar-refractivity contribution in [2.75, 3.05) is 20.2 Å². The van der Waals surface area contributed by atoms with Gasteiger partial charge < -0.3 is 15.4 Å². The lowest BCUT2D eigenvalue weighted by atomic mass is 10.3. The highest BCUT2D eigenvalue weighted by atomic mass is 16.5. The molecule has 0 aromatic carbocycles. The molecular formula is C10H18N2O3. The second-order valence-electron chi connectivity index (χ2n) is 3.88. The second-order valence-corrected chi connectivity index (χ2v) is 3.88. The molecule has 5 heteroatoms. The van der Waals surface area contributed by atoms with E-state index in [-0.39, 0.29) is 5.91 Å². The van der Waals surface area contributed by atoms with Crippen LogP contribution in [-0.2, 0) is 14.3 Å². The van der Waals surface area contributed by atoms with E-state index in [0.29, 0.717) is 6.54 Å². The molecule has 0 aliphatic heterocycles. The molecule has 1 unspecified atom stereocenters. The molecule has 1 amide bonds. The quantitative estimate of drug-likeness (QED) is 0.594. The maximum absolute atomic E-state index is 11.3. The molecule has 1 saturated carbocycles. The van der Waals surface area contributed by atoms with Crippen molar-refractivity contribution in [2.45, 2.75) is 25.8 Å². The summed E-state index contributed by atoms with van der Waals surface area (Å²) in [6.45, 7) is 2.73. The van der Waals surface area contributed by atoms with E-state index < -0.39 is 12.0 Å². The molecule has 15 heavy (non-hydrogen) atoms. The van der Waals surface area contributed by atoms with Gasteiger partial charge in [-0.05, 0) is 25.3 Å². The van der Waals surface area contributed by atoms with Crippen LogP contribution in [0.1, 0.15) is 19.8 Å². The zero-order chi connectivity index (χ0) is 11.3. The average molecular weight is 214 g/mol. The van der Waals surface area contributed by atoms with Crippen molar-refractivity contribution in [3.63, 3.8) is 0 Å². The van der Waals surface area contributed by atoms with E-state index in [4.69, 9.17) is 0 Å². The Balaban J connectivity index is 2.26. The minimum atomic E-state index is -0.578. The summed E-state index contributed by atoms with van der Waals surface area (Å²) < 4.78 is 4.59. The first kappa shape index (κ1) is 12.0. The fourth-order valence-electron chi connectivity index (χ4n) is 1.33. The van der Waals surface area contributed by atoms with Crippen molar-refractivity contribution in [3.8, 4) is 0 Å². The number of amides is 1. The van der Waals surface area contributed by atoms with Gasteiger partial charge in [0.2, 0.25) is 5.91 Å². The van der Waals surface area contributed by atoms with Gasteiger partial charge in [0.25, 0.3) is 0 Å². The molecule has 1 atom stereocenters. The molecule has 2 N–H and O–H groups in total. The first-order valence-electron chi connectivity index (χ1n) is 5.19. The molecule has 0 radical (unpaired) electrons. The van der Waals surface area contributed by atoms with Crippen LogP contribution in [0.3, 0.4) is 0 Å². The van der Waals surface area contributed by atoms with Crippen LogP contribution < -0.4 is 10.6 Å². The number of carbonyl (C=O) groups is 2. The highest BCUT2D eigenvalue weighted by Crippen LogP contribution is 2.27. The third kappa shape index (κ3) is 4.78. The SMILES string of the molecule is COC(=O)C(CNCC1CC1)NC(C)=O. The lowest BCUT2D eigenvalue weighted by Gasteiger charge is -2.15. The van der Waals surface area contributed by atoms with Crippen molar-refractivity contribution in [1.82, 2.24) is 10.6 Å². The van der Waals surface area contributed by atoms with Gasteiger partial charge in [0, 0.05) is 13.5 Å². The van der Waals surface area contributed by atoms with E-state index >= 15 is 0 Å². The number of methoxy groups -OCH3 is 1. The van der Waals surface area contributed by atoms with Crippen LogP contribution in [0.2, 0.25) is 0 Å². The standard InChI is InChI=1S/C10H18N2O3/c1-7(13)12-9(10(14)15-2)6-11-5-8-3-4-8/h8-9,11H,3-6H2,1-2H3,(H,12,13). The number of nitrogens with one attached hydrogen (secondary N) is 2. The smallest absolute Gasteiger partial charge is 0.329 e. The van der Waals surface area contributed by atoms with Crippen LogP contribution in [0.25, 0.3) is 0 Å². The molecule has 0 aromatic rings. The van der Waals surface area contributed by atoms with Crippen molar-refractivity contribution >= 4 is 11.9 Å². The molecule has 0 heterocycles. The molecule has 5 nitrogen and oxygen atoms in total. The molecular weight excluding hydrogens is 196 g/mol. The monoisotopic (exact) mass is 214 g/mol. The average Bonchev–Trinajstić information content (AvgIpc) is 2.98. The Labute approximate surface area is 89.6 Å². The molecule has 1 fully saturated rings. The molecule has 86 valence electrons. The summed E-state index contributed by atoms with van der Waals surface area (Å²) in [6.07, 6.45) is 2.52. The van der Waals surface area contributed by atoms with Gasteiger partial charge in [0.1, 0.15) is 6.04 Å². The van der Waals surface area contributed by atoms with Crippen LogP contribution in [0.5, 0.6) is 0 Å². The number of rotatable bonds is 6. The van der Waals surface area contributed by atoms with Gasteiger partial charge in [-0.3, -0.25) is 4.79 Å². The van der Waals surface area contributed by atoms with E-state index in [1.54, 1.807) is 0 Å². The van der Waals surface area contributed by atoms with E-state index in [1.165, 1.54) is 26.9 Å². The first-order valence-corrected chi connectivity index (χ1v) is 5.19. The van der Waals surface area contributed by atoms with Crippen molar-refractivity contribution in [2.24, 2.45) is 5.92 Å². The van der Waals surface area contributed by atoms with Gasteiger partial charge in [-0.25, -0.2) is 4.79 Å². The Morgan fingerprint density at radius 3 is 2.60 bits per heavy atom. The Kier molecular flexibility index (Phi) is 4.55. The van der Waals surface area contributed by atoms with Crippen molar-refractivity contribution in [1.29, 1.82) is 0 Å². The molecule has 1 rings (SSSR count). The van der Waals surface area contributed by atoms with Crippen molar-refractivity contribution < 1.29 is 14.3 Å². The fourth-order valence-corrected chi connectivity index (χ4v) is 1.33. The Morgan fingerprint density at radius 2 is 2.13 bits per heavy atom. The predicted molar refractivity (Wildman–Crippen MR) is 55.2 cm³/mol. The summed E-state index contributed by atoms with van der Waals surface area (Å²) >= 11 is 0. The zero-order valence-electron chi connectivity index (χ0n) is 9.21. The summed E-state index contributed by atoms with van der Waals surface area (Å²) in [7, 11) is 1.32. The highest BCUT2D eigenvalue weighted by Gasteiger charge is 2.23.